The Bertz CT molecular complexity index is 854. The molecule has 0 saturated heterocycles. The first-order chi connectivity index (χ1) is 12.6. The molecular weight excluding hydrogens is 430 g/mol. The first-order valence-corrected chi connectivity index (χ1v) is 9.32. The van der Waals surface area contributed by atoms with Gasteiger partial charge >= 0.3 is 0 Å². The largest absolute Gasteiger partial charge is 0.326 e. The summed E-state index contributed by atoms with van der Waals surface area (Å²) in [5.41, 5.74) is 1.71. The molecule has 4 nitrogen and oxygen atoms in total. The van der Waals surface area contributed by atoms with Gasteiger partial charge in [0, 0.05) is 23.4 Å². The minimum absolute atomic E-state index is 0.0432. The van der Waals surface area contributed by atoms with E-state index in [2.05, 4.69) is 17.2 Å². The Hall–Kier alpha value is -1.72. The van der Waals surface area contributed by atoms with E-state index in [0.717, 1.165) is 0 Å². The van der Waals surface area contributed by atoms with Crippen LogP contribution in [-0.2, 0) is 9.59 Å². The minimum Gasteiger partial charge on any atom is -0.326 e. The molecule has 2 rings (SSSR count). The molecular formula is C19H18Cl4N2O2. The lowest BCUT2D eigenvalue weighted by molar-refractivity contribution is -0.116. The van der Waals surface area contributed by atoms with E-state index >= 15 is 0 Å². The molecule has 0 aliphatic rings. The Labute approximate surface area is 178 Å². The van der Waals surface area contributed by atoms with Crippen LogP contribution >= 0.6 is 46.4 Å². The highest BCUT2D eigenvalue weighted by molar-refractivity contribution is 6.42. The molecule has 2 aromatic rings. The fourth-order valence-electron chi connectivity index (χ4n) is 1.63. The summed E-state index contributed by atoms with van der Waals surface area (Å²) in [6.07, 6.45) is 0.445. The van der Waals surface area contributed by atoms with Crippen molar-refractivity contribution in [3.8, 4) is 0 Å². The van der Waals surface area contributed by atoms with E-state index in [1.54, 1.807) is 50.2 Å². The van der Waals surface area contributed by atoms with Gasteiger partial charge in [-0.25, -0.2) is 0 Å². The lowest BCUT2D eigenvalue weighted by Gasteiger charge is -2.05. The zero-order valence-electron chi connectivity index (χ0n) is 14.7. The lowest BCUT2D eigenvalue weighted by atomic mass is 10.3. The molecule has 0 spiro atoms. The highest BCUT2D eigenvalue weighted by atomic mass is 35.5. The molecule has 0 saturated carbocycles. The molecule has 0 fully saturated rings. The molecule has 144 valence electrons. The molecule has 2 amide bonds. The van der Waals surface area contributed by atoms with Gasteiger partial charge in [0.1, 0.15) is 0 Å². The zero-order chi connectivity index (χ0) is 20.6. The monoisotopic (exact) mass is 446 g/mol. The quantitative estimate of drug-likeness (QED) is 0.503. The van der Waals surface area contributed by atoms with E-state index < -0.39 is 0 Å². The Morgan fingerprint density at radius 3 is 1.67 bits per heavy atom. The number of hydrogen-bond acceptors (Lipinski definition) is 2. The molecule has 8 heteroatoms. The summed E-state index contributed by atoms with van der Waals surface area (Å²) >= 11 is 23.0. The number of benzene rings is 2. The van der Waals surface area contributed by atoms with E-state index in [1.165, 1.54) is 0 Å². The molecule has 2 aromatic carbocycles. The van der Waals surface area contributed by atoms with Crippen molar-refractivity contribution in [3.05, 3.63) is 68.6 Å². The molecule has 0 atom stereocenters. The average Bonchev–Trinajstić information content (AvgIpc) is 2.61. The van der Waals surface area contributed by atoms with Crippen LogP contribution in [-0.4, -0.2) is 11.8 Å². The van der Waals surface area contributed by atoms with Crippen molar-refractivity contribution in [2.75, 3.05) is 10.6 Å². The van der Waals surface area contributed by atoms with Crippen LogP contribution in [0.2, 0.25) is 20.1 Å². The van der Waals surface area contributed by atoms with Crippen LogP contribution in [0.1, 0.15) is 20.3 Å². The van der Waals surface area contributed by atoms with Crippen molar-refractivity contribution >= 4 is 69.6 Å². The van der Waals surface area contributed by atoms with Crippen molar-refractivity contribution < 1.29 is 9.59 Å². The Balaban J connectivity index is 0.000000271. The van der Waals surface area contributed by atoms with Crippen molar-refractivity contribution in [1.82, 2.24) is 0 Å². The highest BCUT2D eigenvalue weighted by Crippen LogP contribution is 2.25. The molecule has 27 heavy (non-hydrogen) atoms. The topological polar surface area (TPSA) is 58.2 Å². The summed E-state index contributed by atoms with van der Waals surface area (Å²) in [6.45, 7) is 6.94. The van der Waals surface area contributed by atoms with Crippen LogP contribution in [0, 0.1) is 0 Å². The second-order valence-electron chi connectivity index (χ2n) is 5.39. The fourth-order valence-corrected chi connectivity index (χ4v) is 2.23. The van der Waals surface area contributed by atoms with Crippen LogP contribution in [0.25, 0.3) is 0 Å². The van der Waals surface area contributed by atoms with Gasteiger partial charge < -0.3 is 10.6 Å². The summed E-state index contributed by atoms with van der Waals surface area (Å²) in [4.78, 5) is 22.2. The number of rotatable bonds is 4. The van der Waals surface area contributed by atoms with Gasteiger partial charge in [0.25, 0.3) is 5.91 Å². The SMILES string of the molecule is C=C(C)C(=O)Nc1ccc(Cl)c(Cl)c1.CCC(=O)Nc1ccc(Cl)c(Cl)c1. The number of nitrogens with one attached hydrogen (secondary N) is 2. The van der Waals surface area contributed by atoms with Crippen molar-refractivity contribution in [2.24, 2.45) is 0 Å². The van der Waals surface area contributed by atoms with E-state index in [1.807, 2.05) is 0 Å². The third-order valence-electron chi connectivity index (χ3n) is 3.09. The van der Waals surface area contributed by atoms with Gasteiger partial charge in [-0.05, 0) is 43.3 Å². The number of hydrogen-bond donors (Lipinski definition) is 2. The lowest BCUT2D eigenvalue weighted by Crippen LogP contribution is -2.11. The summed E-state index contributed by atoms with van der Waals surface area (Å²) in [5.74, 6) is -0.276. The molecule has 0 unspecified atom stereocenters. The number of amides is 2. The molecule has 0 aliphatic carbocycles. The van der Waals surface area contributed by atoms with Gasteiger partial charge in [-0.1, -0.05) is 59.9 Å². The molecule has 0 aromatic heterocycles. The van der Waals surface area contributed by atoms with E-state index in [4.69, 9.17) is 46.4 Å². The van der Waals surface area contributed by atoms with Crippen molar-refractivity contribution in [2.45, 2.75) is 20.3 Å². The van der Waals surface area contributed by atoms with Gasteiger partial charge in [0.15, 0.2) is 0 Å². The normalized spacial score (nSPS) is 9.70. The number of anilines is 2. The highest BCUT2D eigenvalue weighted by Gasteiger charge is 2.04. The predicted molar refractivity (Wildman–Crippen MR) is 115 cm³/mol. The number of carbonyl (C=O) groups is 2. The first kappa shape index (κ1) is 23.3. The first-order valence-electron chi connectivity index (χ1n) is 7.80. The van der Waals surface area contributed by atoms with Gasteiger partial charge in [-0.2, -0.15) is 0 Å². The molecule has 0 aliphatic heterocycles. The van der Waals surface area contributed by atoms with Crippen LogP contribution in [0.4, 0.5) is 11.4 Å². The Morgan fingerprint density at radius 1 is 0.852 bits per heavy atom. The van der Waals surface area contributed by atoms with Gasteiger partial charge in [-0.15, -0.1) is 0 Å². The second-order valence-corrected chi connectivity index (χ2v) is 7.02. The maximum atomic E-state index is 11.2. The summed E-state index contributed by atoms with van der Waals surface area (Å²) in [6, 6.07) is 9.87. The number of carbonyl (C=O) groups excluding carboxylic acids is 2. The third-order valence-corrected chi connectivity index (χ3v) is 4.57. The standard InChI is InChI=1S/C10H9Cl2NO.C9H9Cl2NO/c1-6(2)10(14)13-7-3-4-8(11)9(12)5-7;1-2-9(13)12-6-3-4-7(10)8(11)5-6/h3-5H,1H2,2H3,(H,13,14);3-5H,2H2,1H3,(H,12,13). The summed E-state index contributed by atoms with van der Waals surface area (Å²) in [5, 5.41) is 7.10. The molecule has 0 radical (unpaired) electrons. The molecule has 0 heterocycles. The summed E-state index contributed by atoms with van der Waals surface area (Å²) in [7, 11) is 0. The van der Waals surface area contributed by atoms with Crippen LogP contribution < -0.4 is 10.6 Å². The molecule has 0 bridgehead atoms. The Kier molecular flexibility index (Phi) is 9.67. The summed E-state index contributed by atoms with van der Waals surface area (Å²) < 4.78 is 0. The minimum atomic E-state index is -0.233. The van der Waals surface area contributed by atoms with Crippen LogP contribution in [0.5, 0.6) is 0 Å². The van der Waals surface area contributed by atoms with E-state index in [9.17, 15) is 9.59 Å². The zero-order valence-corrected chi connectivity index (χ0v) is 17.7. The smallest absolute Gasteiger partial charge is 0.250 e. The van der Waals surface area contributed by atoms with Gasteiger partial charge in [0.2, 0.25) is 5.91 Å². The maximum Gasteiger partial charge on any atom is 0.250 e. The second kappa shape index (κ2) is 11.2. The van der Waals surface area contributed by atoms with Crippen molar-refractivity contribution in [3.63, 3.8) is 0 Å². The number of halogens is 4. The maximum absolute atomic E-state index is 11.2. The van der Waals surface area contributed by atoms with Gasteiger partial charge in [0.05, 0.1) is 20.1 Å². The van der Waals surface area contributed by atoms with Crippen molar-refractivity contribution in [1.29, 1.82) is 0 Å². The van der Waals surface area contributed by atoms with Crippen LogP contribution in [0.15, 0.2) is 48.6 Å². The molecule has 2 N–H and O–H groups in total. The predicted octanol–water partition coefficient (Wildman–Crippen LogP) is 6.85. The van der Waals surface area contributed by atoms with Crippen LogP contribution in [0.3, 0.4) is 0 Å². The fraction of sp³-hybridized carbons (Fsp3) is 0.158. The Morgan fingerprint density at radius 2 is 1.30 bits per heavy atom. The third kappa shape index (κ3) is 8.22. The van der Waals surface area contributed by atoms with E-state index in [-0.39, 0.29) is 11.8 Å². The van der Waals surface area contributed by atoms with E-state index in [0.29, 0.717) is 43.5 Å². The van der Waals surface area contributed by atoms with Gasteiger partial charge in [-0.3, -0.25) is 9.59 Å². The average molecular weight is 448 g/mol.